The maximum atomic E-state index is 13.3. The number of anilines is 1. The second-order valence-electron chi connectivity index (χ2n) is 6.57. The summed E-state index contributed by atoms with van der Waals surface area (Å²) in [6.45, 7) is 0. The van der Waals surface area contributed by atoms with E-state index < -0.39 is 0 Å². The number of aromatic nitrogens is 1. The molecule has 0 unspecified atom stereocenters. The first-order valence-electron chi connectivity index (χ1n) is 9.16. The Morgan fingerprint density at radius 3 is 2.39 bits per heavy atom. The average Bonchev–Trinajstić information content (AvgIpc) is 3.10. The number of para-hydroxylation sites is 2. The fraction of sp³-hybridized carbons (Fsp3) is 0.0870. The van der Waals surface area contributed by atoms with Crippen LogP contribution in [0.2, 0.25) is 0 Å². The zero-order valence-electron chi connectivity index (χ0n) is 15.2. The SMILES string of the molecule is O=C(CCc1c(-c2ccc(F)cc2)[nH]c2ccccc12)NNc1ccccc1. The van der Waals surface area contributed by atoms with Gasteiger partial charge in [-0.25, -0.2) is 4.39 Å². The zero-order chi connectivity index (χ0) is 19.3. The van der Waals surface area contributed by atoms with Crippen LogP contribution in [0.25, 0.3) is 22.2 Å². The number of carbonyl (C=O) groups is 1. The van der Waals surface area contributed by atoms with Gasteiger partial charge in [0.25, 0.3) is 0 Å². The van der Waals surface area contributed by atoms with E-state index in [0.29, 0.717) is 12.8 Å². The third-order valence-electron chi connectivity index (χ3n) is 4.67. The highest BCUT2D eigenvalue weighted by atomic mass is 19.1. The number of fused-ring (bicyclic) bond motifs is 1. The number of hydrazine groups is 1. The van der Waals surface area contributed by atoms with Crippen LogP contribution in [0.3, 0.4) is 0 Å². The van der Waals surface area contributed by atoms with Gasteiger partial charge in [0.1, 0.15) is 5.82 Å². The van der Waals surface area contributed by atoms with Crippen molar-refractivity contribution in [3.05, 3.63) is 90.2 Å². The minimum atomic E-state index is -0.271. The van der Waals surface area contributed by atoms with Gasteiger partial charge in [-0.3, -0.25) is 15.6 Å². The topological polar surface area (TPSA) is 56.9 Å². The van der Waals surface area contributed by atoms with Crippen molar-refractivity contribution in [2.45, 2.75) is 12.8 Å². The van der Waals surface area contributed by atoms with Crippen molar-refractivity contribution in [2.24, 2.45) is 0 Å². The Morgan fingerprint density at radius 1 is 0.893 bits per heavy atom. The van der Waals surface area contributed by atoms with Crippen molar-refractivity contribution in [1.82, 2.24) is 10.4 Å². The van der Waals surface area contributed by atoms with Gasteiger partial charge in [-0.1, -0.05) is 36.4 Å². The summed E-state index contributed by atoms with van der Waals surface area (Å²) in [6, 6.07) is 23.9. The second kappa shape index (κ2) is 7.96. The number of amides is 1. The predicted molar refractivity (Wildman–Crippen MR) is 110 cm³/mol. The molecule has 3 aromatic carbocycles. The Balaban J connectivity index is 1.53. The van der Waals surface area contributed by atoms with Gasteiger partial charge in [-0.2, -0.15) is 0 Å². The molecule has 0 saturated carbocycles. The van der Waals surface area contributed by atoms with Gasteiger partial charge in [0.2, 0.25) is 5.91 Å². The lowest BCUT2D eigenvalue weighted by atomic mass is 10.0. The maximum absolute atomic E-state index is 13.3. The molecular weight excluding hydrogens is 353 g/mol. The van der Waals surface area contributed by atoms with Crippen molar-refractivity contribution in [2.75, 3.05) is 5.43 Å². The quantitative estimate of drug-likeness (QED) is 0.414. The minimum Gasteiger partial charge on any atom is -0.354 e. The van der Waals surface area contributed by atoms with E-state index >= 15 is 0 Å². The molecule has 28 heavy (non-hydrogen) atoms. The molecule has 4 rings (SSSR count). The lowest BCUT2D eigenvalue weighted by Gasteiger charge is -2.09. The van der Waals surface area contributed by atoms with E-state index in [-0.39, 0.29) is 11.7 Å². The number of benzene rings is 3. The number of aryl methyl sites for hydroxylation is 1. The first-order chi connectivity index (χ1) is 13.7. The smallest absolute Gasteiger partial charge is 0.238 e. The predicted octanol–water partition coefficient (Wildman–Crippen LogP) is 5.05. The number of halogens is 1. The van der Waals surface area contributed by atoms with Crippen LogP contribution in [0.15, 0.2) is 78.9 Å². The van der Waals surface area contributed by atoms with Gasteiger partial charge >= 0.3 is 0 Å². The third kappa shape index (κ3) is 3.88. The molecule has 1 amide bonds. The molecule has 4 nitrogen and oxygen atoms in total. The number of hydrogen-bond acceptors (Lipinski definition) is 2. The van der Waals surface area contributed by atoms with E-state index in [2.05, 4.69) is 15.8 Å². The molecule has 0 radical (unpaired) electrons. The molecule has 0 aliphatic carbocycles. The van der Waals surface area contributed by atoms with Crippen LogP contribution in [-0.2, 0) is 11.2 Å². The first-order valence-corrected chi connectivity index (χ1v) is 9.16. The van der Waals surface area contributed by atoms with Gasteiger partial charge in [0.05, 0.1) is 5.69 Å². The number of H-pyrrole nitrogens is 1. The molecule has 140 valence electrons. The molecule has 0 saturated heterocycles. The van der Waals surface area contributed by atoms with E-state index in [1.165, 1.54) is 12.1 Å². The van der Waals surface area contributed by atoms with E-state index in [4.69, 9.17) is 0 Å². The Kier molecular flexibility index (Phi) is 5.06. The molecule has 5 heteroatoms. The van der Waals surface area contributed by atoms with Crippen molar-refractivity contribution in [3.63, 3.8) is 0 Å². The maximum Gasteiger partial charge on any atom is 0.238 e. The summed E-state index contributed by atoms with van der Waals surface area (Å²) in [5.41, 5.74) is 10.3. The molecule has 0 spiro atoms. The summed E-state index contributed by atoms with van der Waals surface area (Å²) < 4.78 is 13.3. The second-order valence-corrected chi connectivity index (χ2v) is 6.57. The van der Waals surface area contributed by atoms with Crippen molar-refractivity contribution in [1.29, 1.82) is 0 Å². The molecule has 0 aliphatic heterocycles. The van der Waals surface area contributed by atoms with Crippen LogP contribution in [-0.4, -0.2) is 10.9 Å². The fourth-order valence-corrected chi connectivity index (χ4v) is 3.29. The lowest BCUT2D eigenvalue weighted by Crippen LogP contribution is -2.29. The van der Waals surface area contributed by atoms with Gasteiger partial charge in [0.15, 0.2) is 0 Å². The van der Waals surface area contributed by atoms with Crippen LogP contribution >= 0.6 is 0 Å². The van der Waals surface area contributed by atoms with Gasteiger partial charge < -0.3 is 4.98 Å². The highest BCUT2D eigenvalue weighted by Crippen LogP contribution is 2.31. The summed E-state index contributed by atoms with van der Waals surface area (Å²) in [5.74, 6) is -0.369. The largest absolute Gasteiger partial charge is 0.354 e. The lowest BCUT2D eigenvalue weighted by molar-refractivity contribution is -0.120. The van der Waals surface area contributed by atoms with Crippen molar-refractivity contribution in [3.8, 4) is 11.3 Å². The van der Waals surface area contributed by atoms with Gasteiger partial charge in [-0.15, -0.1) is 0 Å². The average molecular weight is 373 g/mol. The molecule has 3 N–H and O–H groups in total. The standard InChI is InChI=1S/C23H20FN3O/c24-17-12-10-16(11-13-17)23-20(19-8-4-5-9-21(19)25-23)14-15-22(28)27-26-18-6-2-1-3-7-18/h1-13,25-26H,14-15H2,(H,27,28). The van der Waals surface area contributed by atoms with Crippen molar-refractivity contribution < 1.29 is 9.18 Å². The van der Waals surface area contributed by atoms with Crippen molar-refractivity contribution >= 4 is 22.5 Å². The summed E-state index contributed by atoms with van der Waals surface area (Å²) in [5, 5.41) is 1.07. The number of carbonyl (C=O) groups excluding carboxylic acids is 1. The zero-order valence-corrected chi connectivity index (χ0v) is 15.2. The van der Waals surface area contributed by atoms with E-state index in [1.807, 2.05) is 54.6 Å². The minimum absolute atomic E-state index is 0.0980. The number of aromatic amines is 1. The molecule has 1 heterocycles. The number of rotatable bonds is 6. The van der Waals surface area contributed by atoms with Crippen LogP contribution < -0.4 is 10.9 Å². The van der Waals surface area contributed by atoms with E-state index in [0.717, 1.165) is 33.4 Å². The highest BCUT2D eigenvalue weighted by Gasteiger charge is 2.14. The molecule has 0 aliphatic rings. The van der Waals surface area contributed by atoms with E-state index in [1.54, 1.807) is 12.1 Å². The Labute approximate surface area is 162 Å². The Hall–Kier alpha value is -3.60. The Bertz CT molecular complexity index is 1090. The monoisotopic (exact) mass is 373 g/mol. The molecule has 0 bridgehead atoms. The Morgan fingerprint density at radius 2 is 1.61 bits per heavy atom. The van der Waals surface area contributed by atoms with E-state index in [9.17, 15) is 9.18 Å². The molecular formula is C23H20FN3O. The molecule has 4 aromatic rings. The van der Waals surface area contributed by atoms with Gasteiger partial charge in [0, 0.05) is 23.0 Å². The summed E-state index contributed by atoms with van der Waals surface area (Å²) in [7, 11) is 0. The summed E-state index contributed by atoms with van der Waals surface area (Å²) in [4.78, 5) is 15.7. The molecule has 1 aromatic heterocycles. The molecule has 0 atom stereocenters. The fourth-order valence-electron chi connectivity index (χ4n) is 3.29. The van der Waals surface area contributed by atoms with Crippen LogP contribution in [0.5, 0.6) is 0 Å². The number of nitrogens with one attached hydrogen (secondary N) is 3. The molecule has 0 fully saturated rings. The van der Waals surface area contributed by atoms with Crippen LogP contribution in [0.1, 0.15) is 12.0 Å². The highest BCUT2D eigenvalue weighted by molar-refractivity contribution is 5.91. The van der Waals surface area contributed by atoms with Crippen LogP contribution in [0.4, 0.5) is 10.1 Å². The number of hydrogen-bond donors (Lipinski definition) is 3. The third-order valence-corrected chi connectivity index (χ3v) is 4.67. The normalized spacial score (nSPS) is 10.8. The first kappa shape index (κ1) is 17.8. The van der Waals surface area contributed by atoms with Gasteiger partial charge in [-0.05, 0) is 60.0 Å². The summed E-state index contributed by atoms with van der Waals surface area (Å²) in [6.07, 6.45) is 0.898. The van der Waals surface area contributed by atoms with Crippen LogP contribution in [0, 0.1) is 5.82 Å². The summed E-state index contributed by atoms with van der Waals surface area (Å²) >= 11 is 0.